The Bertz CT molecular complexity index is 585. The van der Waals surface area contributed by atoms with Crippen molar-refractivity contribution in [3.05, 3.63) is 23.7 Å². The Hall–Kier alpha value is -2.22. The molecular weight excluding hydrogens is 250 g/mol. The van der Waals surface area contributed by atoms with Gasteiger partial charge in [0.2, 0.25) is 5.89 Å². The number of amides is 1. The van der Waals surface area contributed by atoms with Crippen LogP contribution in [0.25, 0.3) is 0 Å². The Morgan fingerprint density at radius 1 is 1.53 bits per heavy atom. The molecule has 100 valence electrons. The van der Waals surface area contributed by atoms with Crippen LogP contribution in [0.15, 0.2) is 15.2 Å². The van der Waals surface area contributed by atoms with Gasteiger partial charge in [-0.3, -0.25) is 10.1 Å². The zero-order valence-electron chi connectivity index (χ0n) is 10.3. The fraction of sp³-hybridized carbons (Fsp3) is 0.455. The molecule has 0 bridgehead atoms. The molecule has 2 aromatic heterocycles. The third kappa shape index (κ3) is 2.48. The first-order valence-electron chi connectivity index (χ1n) is 6.03. The average molecular weight is 263 g/mol. The van der Waals surface area contributed by atoms with Crippen LogP contribution in [0, 0.1) is 6.92 Å². The van der Waals surface area contributed by atoms with Crippen LogP contribution >= 0.6 is 0 Å². The SMILES string of the molecule is Cc1coc(NC(=O)c2noc(C3CCCN3)n2)n1. The van der Waals surface area contributed by atoms with E-state index in [1.54, 1.807) is 6.92 Å². The lowest BCUT2D eigenvalue weighted by Crippen LogP contribution is -2.16. The second-order valence-corrected chi connectivity index (χ2v) is 4.35. The number of rotatable bonds is 3. The molecule has 2 aromatic rings. The van der Waals surface area contributed by atoms with E-state index in [0.717, 1.165) is 19.4 Å². The van der Waals surface area contributed by atoms with E-state index in [-0.39, 0.29) is 17.9 Å². The highest BCUT2D eigenvalue weighted by atomic mass is 16.5. The lowest BCUT2D eigenvalue weighted by Gasteiger charge is -2.01. The van der Waals surface area contributed by atoms with Gasteiger partial charge in [0.1, 0.15) is 6.26 Å². The molecule has 1 fully saturated rings. The summed E-state index contributed by atoms with van der Waals surface area (Å²) in [4.78, 5) is 19.9. The number of aryl methyl sites for hydroxylation is 1. The number of nitrogens with zero attached hydrogens (tertiary/aromatic N) is 3. The molecule has 0 radical (unpaired) electrons. The zero-order chi connectivity index (χ0) is 13.2. The molecular formula is C11H13N5O3. The third-order valence-corrected chi connectivity index (χ3v) is 2.84. The number of nitrogens with one attached hydrogen (secondary N) is 2. The van der Waals surface area contributed by atoms with E-state index < -0.39 is 5.91 Å². The summed E-state index contributed by atoms with van der Waals surface area (Å²) in [7, 11) is 0. The van der Waals surface area contributed by atoms with Gasteiger partial charge in [-0.15, -0.1) is 0 Å². The van der Waals surface area contributed by atoms with Gasteiger partial charge in [-0.2, -0.15) is 9.97 Å². The van der Waals surface area contributed by atoms with Gasteiger partial charge in [0.15, 0.2) is 0 Å². The van der Waals surface area contributed by atoms with Gasteiger partial charge in [0.05, 0.1) is 11.7 Å². The molecule has 1 atom stereocenters. The van der Waals surface area contributed by atoms with Crippen LogP contribution in [-0.4, -0.2) is 27.6 Å². The molecule has 0 aliphatic carbocycles. The summed E-state index contributed by atoms with van der Waals surface area (Å²) < 4.78 is 10.1. The highest BCUT2D eigenvalue weighted by Gasteiger charge is 2.24. The van der Waals surface area contributed by atoms with Gasteiger partial charge in [-0.05, 0) is 26.3 Å². The smallest absolute Gasteiger partial charge is 0.301 e. The summed E-state index contributed by atoms with van der Waals surface area (Å²) >= 11 is 0. The molecule has 1 saturated heterocycles. The first kappa shape index (κ1) is 11.8. The lowest BCUT2D eigenvalue weighted by molar-refractivity contribution is 0.101. The molecule has 0 saturated carbocycles. The first-order valence-corrected chi connectivity index (χ1v) is 6.03. The molecule has 1 aliphatic rings. The first-order chi connectivity index (χ1) is 9.22. The van der Waals surface area contributed by atoms with Crippen molar-refractivity contribution in [3.63, 3.8) is 0 Å². The van der Waals surface area contributed by atoms with Crippen molar-refractivity contribution in [1.82, 2.24) is 20.4 Å². The molecule has 1 amide bonds. The van der Waals surface area contributed by atoms with E-state index in [0.29, 0.717) is 11.6 Å². The fourth-order valence-electron chi connectivity index (χ4n) is 1.93. The molecule has 1 unspecified atom stereocenters. The van der Waals surface area contributed by atoms with Crippen LogP contribution in [0.3, 0.4) is 0 Å². The average Bonchev–Trinajstić information content (AvgIpc) is 3.08. The Labute approximate surface area is 108 Å². The van der Waals surface area contributed by atoms with E-state index in [1.165, 1.54) is 6.26 Å². The van der Waals surface area contributed by atoms with Crippen molar-refractivity contribution in [2.24, 2.45) is 0 Å². The number of carbonyl (C=O) groups is 1. The van der Waals surface area contributed by atoms with Crippen molar-refractivity contribution < 1.29 is 13.7 Å². The predicted molar refractivity (Wildman–Crippen MR) is 63.5 cm³/mol. The van der Waals surface area contributed by atoms with Gasteiger partial charge in [0.25, 0.3) is 5.82 Å². The monoisotopic (exact) mass is 263 g/mol. The largest absolute Gasteiger partial charge is 0.432 e. The molecule has 3 heterocycles. The Morgan fingerprint density at radius 2 is 2.42 bits per heavy atom. The molecule has 3 rings (SSSR count). The van der Waals surface area contributed by atoms with Crippen molar-refractivity contribution in [2.45, 2.75) is 25.8 Å². The van der Waals surface area contributed by atoms with Gasteiger partial charge < -0.3 is 14.3 Å². The number of hydrogen-bond donors (Lipinski definition) is 2. The van der Waals surface area contributed by atoms with E-state index in [4.69, 9.17) is 8.94 Å². The lowest BCUT2D eigenvalue weighted by atomic mass is 10.2. The molecule has 8 nitrogen and oxygen atoms in total. The molecule has 2 N–H and O–H groups in total. The summed E-state index contributed by atoms with van der Waals surface area (Å²) in [6.45, 7) is 2.68. The Morgan fingerprint density at radius 3 is 3.11 bits per heavy atom. The van der Waals surface area contributed by atoms with E-state index in [9.17, 15) is 4.79 Å². The molecule has 0 spiro atoms. The van der Waals surface area contributed by atoms with Crippen LogP contribution in [0.5, 0.6) is 0 Å². The van der Waals surface area contributed by atoms with Gasteiger partial charge in [-0.1, -0.05) is 5.16 Å². The maximum absolute atomic E-state index is 11.8. The highest BCUT2D eigenvalue weighted by molar-refractivity contribution is 6.00. The molecule has 19 heavy (non-hydrogen) atoms. The van der Waals surface area contributed by atoms with Crippen LogP contribution < -0.4 is 10.6 Å². The fourth-order valence-corrected chi connectivity index (χ4v) is 1.93. The number of hydrogen-bond acceptors (Lipinski definition) is 7. The van der Waals surface area contributed by atoms with Crippen LogP contribution in [-0.2, 0) is 0 Å². The summed E-state index contributed by atoms with van der Waals surface area (Å²) in [6.07, 6.45) is 3.44. The molecule has 1 aliphatic heterocycles. The maximum atomic E-state index is 11.8. The van der Waals surface area contributed by atoms with Crippen molar-refractivity contribution in [2.75, 3.05) is 11.9 Å². The second kappa shape index (κ2) is 4.81. The standard InChI is InChI=1S/C11H13N5O3/c1-6-5-18-11(13-6)15-9(17)8-14-10(19-16-8)7-3-2-4-12-7/h5,7,12H,2-4H2,1H3,(H,13,15,17). The van der Waals surface area contributed by atoms with Crippen LogP contribution in [0.4, 0.5) is 6.01 Å². The quantitative estimate of drug-likeness (QED) is 0.852. The number of carbonyl (C=O) groups excluding carboxylic acids is 1. The van der Waals surface area contributed by atoms with Crippen molar-refractivity contribution in [3.8, 4) is 0 Å². The summed E-state index contributed by atoms with van der Waals surface area (Å²) in [6, 6.07) is 0.158. The number of anilines is 1. The summed E-state index contributed by atoms with van der Waals surface area (Å²) in [5, 5.41) is 9.34. The summed E-state index contributed by atoms with van der Waals surface area (Å²) in [5.74, 6) is -0.0966. The van der Waals surface area contributed by atoms with Crippen LogP contribution in [0.2, 0.25) is 0 Å². The Kier molecular flexibility index (Phi) is 3.00. The van der Waals surface area contributed by atoms with Gasteiger partial charge in [-0.25, -0.2) is 0 Å². The molecule has 0 aromatic carbocycles. The zero-order valence-corrected chi connectivity index (χ0v) is 10.3. The highest BCUT2D eigenvalue weighted by Crippen LogP contribution is 2.21. The minimum Gasteiger partial charge on any atom is -0.432 e. The minimum atomic E-state index is -0.505. The minimum absolute atomic E-state index is 0.0282. The maximum Gasteiger partial charge on any atom is 0.301 e. The normalized spacial score (nSPS) is 18.7. The van der Waals surface area contributed by atoms with Crippen molar-refractivity contribution >= 4 is 11.9 Å². The predicted octanol–water partition coefficient (Wildman–Crippen LogP) is 1.04. The Balaban J connectivity index is 1.69. The molecule has 8 heteroatoms. The second-order valence-electron chi connectivity index (χ2n) is 4.35. The summed E-state index contributed by atoms with van der Waals surface area (Å²) in [5.41, 5.74) is 0.680. The van der Waals surface area contributed by atoms with Gasteiger partial charge >= 0.3 is 11.9 Å². The van der Waals surface area contributed by atoms with Crippen molar-refractivity contribution in [1.29, 1.82) is 0 Å². The number of oxazole rings is 1. The van der Waals surface area contributed by atoms with E-state index in [2.05, 4.69) is 25.8 Å². The topological polar surface area (TPSA) is 106 Å². The number of aromatic nitrogens is 3. The van der Waals surface area contributed by atoms with E-state index >= 15 is 0 Å². The van der Waals surface area contributed by atoms with Gasteiger partial charge in [0, 0.05) is 0 Å². The third-order valence-electron chi connectivity index (χ3n) is 2.84. The van der Waals surface area contributed by atoms with Crippen LogP contribution in [0.1, 0.15) is 41.1 Å². The van der Waals surface area contributed by atoms with E-state index in [1.807, 2.05) is 0 Å².